The van der Waals surface area contributed by atoms with E-state index in [9.17, 15) is 0 Å². The fourth-order valence-electron chi connectivity index (χ4n) is 4.10. The normalized spacial score (nSPS) is 25.7. The molecular formula is C20H26N4O2. The Morgan fingerprint density at radius 1 is 1.27 bits per heavy atom. The third kappa shape index (κ3) is 3.71. The number of anilines is 1. The van der Waals surface area contributed by atoms with E-state index in [2.05, 4.69) is 26.1 Å². The van der Waals surface area contributed by atoms with Gasteiger partial charge in [-0.1, -0.05) is 6.07 Å². The molecule has 138 valence electrons. The third-order valence-electron chi connectivity index (χ3n) is 5.46. The quantitative estimate of drug-likeness (QED) is 0.823. The van der Waals surface area contributed by atoms with Gasteiger partial charge in [0.05, 0.1) is 30.7 Å². The van der Waals surface area contributed by atoms with Crippen LogP contribution in [0.15, 0.2) is 36.5 Å². The molecule has 0 N–H and O–H groups in total. The number of fused-ring (bicyclic) bond motifs is 1. The average molecular weight is 354 g/mol. The summed E-state index contributed by atoms with van der Waals surface area (Å²) in [6, 6.07) is 10.0. The number of rotatable bonds is 5. The number of hydrogen-bond donors (Lipinski definition) is 0. The Morgan fingerprint density at radius 2 is 2.23 bits per heavy atom. The Hall–Kier alpha value is -2.05. The summed E-state index contributed by atoms with van der Waals surface area (Å²) in [6.45, 7) is 5.90. The molecule has 6 nitrogen and oxygen atoms in total. The molecule has 2 atom stereocenters. The molecule has 0 unspecified atom stereocenters. The van der Waals surface area contributed by atoms with E-state index in [0.29, 0.717) is 13.2 Å². The minimum absolute atomic E-state index is 0.0118. The Morgan fingerprint density at radius 3 is 3.04 bits per heavy atom. The van der Waals surface area contributed by atoms with Crippen molar-refractivity contribution in [2.45, 2.75) is 38.9 Å². The number of ether oxygens (including phenoxy) is 2. The molecule has 4 heterocycles. The van der Waals surface area contributed by atoms with Crippen LogP contribution in [0.5, 0.6) is 0 Å². The maximum Gasteiger partial charge on any atom is 0.151 e. The fourth-order valence-corrected chi connectivity index (χ4v) is 4.10. The smallest absolute Gasteiger partial charge is 0.151 e. The molecule has 2 aliphatic heterocycles. The molecule has 4 rings (SSSR count). The molecule has 0 amide bonds. The minimum atomic E-state index is 0.0118. The molecule has 0 aliphatic carbocycles. The van der Waals surface area contributed by atoms with Crippen molar-refractivity contribution in [3.05, 3.63) is 47.9 Å². The van der Waals surface area contributed by atoms with Crippen LogP contribution in [0, 0.1) is 12.3 Å². The first-order valence-corrected chi connectivity index (χ1v) is 9.40. The summed E-state index contributed by atoms with van der Waals surface area (Å²) in [4.78, 5) is 6.68. The van der Waals surface area contributed by atoms with E-state index >= 15 is 0 Å². The first-order chi connectivity index (χ1) is 12.8. The van der Waals surface area contributed by atoms with Gasteiger partial charge in [-0.2, -0.15) is 5.10 Å². The van der Waals surface area contributed by atoms with Crippen molar-refractivity contribution in [2.75, 3.05) is 31.2 Å². The highest BCUT2D eigenvalue weighted by Crippen LogP contribution is 2.41. The lowest BCUT2D eigenvalue weighted by Gasteiger charge is -2.50. The molecular weight excluding hydrogens is 328 g/mol. The van der Waals surface area contributed by atoms with Gasteiger partial charge in [0, 0.05) is 31.3 Å². The third-order valence-corrected chi connectivity index (χ3v) is 5.46. The van der Waals surface area contributed by atoms with Gasteiger partial charge in [-0.15, -0.1) is 5.10 Å². The highest BCUT2D eigenvalue weighted by atomic mass is 16.5. The monoisotopic (exact) mass is 354 g/mol. The second kappa shape index (κ2) is 7.68. The van der Waals surface area contributed by atoms with Crippen LogP contribution in [0.3, 0.4) is 0 Å². The van der Waals surface area contributed by atoms with Crippen molar-refractivity contribution in [1.29, 1.82) is 0 Å². The van der Waals surface area contributed by atoms with Crippen molar-refractivity contribution in [1.82, 2.24) is 15.2 Å². The van der Waals surface area contributed by atoms with Gasteiger partial charge in [0.25, 0.3) is 0 Å². The molecule has 0 spiro atoms. The van der Waals surface area contributed by atoms with Gasteiger partial charge in [0.15, 0.2) is 5.82 Å². The van der Waals surface area contributed by atoms with Crippen molar-refractivity contribution < 1.29 is 9.47 Å². The van der Waals surface area contributed by atoms with E-state index in [4.69, 9.17) is 9.47 Å². The van der Waals surface area contributed by atoms with Crippen molar-refractivity contribution in [2.24, 2.45) is 5.41 Å². The predicted molar refractivity (Wildman–Crippen MR) is 98.9 cm³/mol. The second-order valence-corrected chi connectivity index (χ2v) is 7.38. The van der Waals surface area contributed by atoms with Crippen LogP contribution < -0.4 is 4.90 Å². The number of hydrogen-bond acceptors (Lipinski definition) is 6. The summed E-state index contributed by atoms with van der Waals surface area (Å²) in [7, 11) is 0. The second-order valence-electron chi connectivity index (χ2n) is 7.38. The zero-order valence-corrected chi connectivity index (χ0v) is 15.3. The summed E-state index contributed by atoms with van der Waals surface area (Å²) < 4.78 is 12.3. The predicted octanol–water partition coefficient (Wildman–Crippen LogP) is 2.77. The number of pyridine rings is 1. The van der Waals surface area contributed by atoms with Crippen LogP contribution in [0.25, 0.3) is 0 Å². The summed E-state index contributed by atoms with van der Waals surface area (Å²) in [5, 5.41) is 8.60. The molecule has 0 bridgehead atoms. The van der Waals surface area contributed by atoms with Gasteiger partial charge < -0.3 is 14.4 Å². The van der Waals surface area contributed by atoms with Crippen LogP contribution in [0.4, 0.5) is 5.82 Å². The molecule has 2 aliphatic rings. The van der Waals surface area contributed by atoms with E-state index in [1.807, 2.05) is 37.4 Å². The summed E-state index contributed by atoms with van der Waals surface area (Å²) in [6.07, 6.45) is 5.27. The van der Waals surface area contributed by atoms with Crippen LogP contribution in [-0.4, -0.2) is 47.6 Å². The Balaban J connectivity index is 1.46. The maximum atomic E-state index is 6.13. The fraction of sp³-hybridized carbons (Fsp3) is 0.550. The van der Waals surface area contributed by atoms with Crippen LogP contribution >= 0.6 is 0 Å². The summed E-state index contributed by atoms with van der Waals surface area (Å²) in [5.41, 5.74) is 1.92. The number of aryl methyl sites for hydroxylation is 1. The summed E-state index contributed by atoms with van der Waals surface area (Å²) >= 11 is 0. The molecule has 0 aromatic carbocycles. The number of nitrogens with zero attached hydrogens (tertiary/aromatic N) is 4. The Bertz CT molecular complexity index is 710. The van der Waals surface area contributed by atoms with E-state index in [-0.39, 0.29) is 11.5 Å². The highest BCUT2D eigenvalue weighted by molar-refractivity contribution is 5.39. The van der Waals surface area contributed by atoms with Crippen LogP contribution in [-0.2, 0) is 16.1 Å². The first kappa shape index (κ1) is 17.4. The van der Waals surface area contributed by atoms with Gasteiger partial charge >= 0.3 is 0 Å². The van der Waals surface area contributed by atoms with E-state index in [1.165, 1.54) is 0 Å². The molecule has 2 aromatic heterocycles. The zero-order valence-electron chi connectivity index (χ0n) is 15.3. The largest absolute Gasteiger partial charge is 0.377 e. The maximum absolute atomic E-state index is 6.13. The number of aromatic nitrogens is 3. The topological polar surface area (TPSA) is 60.4 Å². The molecule has 26 heavy (non-hydrogen) atoms. The molecule has 2 aromatic rings. The van der Waals surface area contributed by atoms with Gasteiger partial charge in [-0.3, -0.25) is 4.98 Å². The van der Waals surface area contributed by atoms with Crippen molar-refractivity contribution in [3.63, 3.8) is 0 Å². The van der Waals surface area contributed by atoms with E-state index in [0.717, 1.165) is 56.2 Å². The van der Waals surface area contributed by atoms with E-state index < -0.39 is 0 Å². The Kier molecular flexibility index (Phi) is 5.13. The van der Waals surface area contributed by atoms with Gasteiger partial charge in [-0.25, -0.2) is 0 Å². The standard InChI is InChI=1S/C20H26N4O2/c1-16-6-7-19(23-22-16)24-11-8-18-20(14-24,9-4-12-26-18)15-25-13-17-5-2-3-10-21-17/h2-3,5-7,10,18H,4,8-9,11-15H2,1H3/t18-,20-/m0/s1. The minimum Gasteiger partial charge on any atom is -0.377 e. The van der Waals surface area contributed by atoms with Crippen LogP contribution in [0.1, 0.15) is 30.7 Å². The molecule has 0 saturated carbocycles. The first-order valence-electron chi connectivity index (χ1n) is 9.40. The lowest BCUT2D eigenvalue weighted by Crippen LogP contribution is -2.57. The van der Waals surface area contributed by atoms with Gasteiger partial charge in [0.2, 0.25) is 0 Å². The lowest BCUT2D eigenvalue weighted by atomic mass is 9.73. The zero-order chi connectivity index (χ0) is 17.8. The van der Waals surface area contributed by atoms with Crippen LogP contribution in [0.2, 0.25) is 0 Å². The summed E-state index contributed by atoms with van der Waals surface area (Å²) in [5.74, 6) is 0.948. The van der Waals surface area contributed by atoms with E-state index in [1.54, 1.807) is 0 Å². The molecule has 2 fully saturated rings. The van der Waals surface area contributed by atoms with Gasteiger partial charge in [-0.05, 0) is 50.5 Å². The SMILES string of the molecule is Cc1ccc(N2CC[C@@H]3OCCC[C@@]3(COCc3ccccn3)C2)nn1. The molecule has 2 saturated heterocycles. The van der Waals surface area contributed by atoms with Crippen molar-refractivity contribution >= 4 is 5.82 Å². The lowest BCUT2D eigenvalue weighted by molar-refractivity contribution is -0.127. The Labute approximate surface area is 154 Å². The number of piperidine rings is 1. The molecule has 6 heteroatoms. The average Bonchev–Trinajstić information content (AvgIpc) is 2.69. The van der Waals surface area contributed by atoms with Gasteiger partial charge in [0.1, 0.15) is 0 Å². The highest BCUT2D eigenvalue weighted by Gasteiger charge is 2.46. The van der Waals surface area contributed by atoms with Crippen molar-refractivity contribution in [3.8, 4) is 0 Å². The molecule has 0 radical (unpaired) electrons.